The number of fused-ring (bicyclic) bond motifs is 5. The molecule has 0 radical (unpaired) electrons. The number of carbonyl (C=O) groups excluding carboxylic acids is 5. The molecule has 9 nitrogen and oxygen atoms in total. The summed E-state index contributed by atoms with van der Waals surface area (Å²) in [5.74, 6) is -7.66. The Kier molecular flexibility index (Phi) is 8.43. The van der Waals surface area contributed by atoms with Crippen molar-refractivity contribution in [2.75, 3.05) is 6.54 Å². The largest absolute Gasteiger partial charge is 0.457 e. The summed E-state index contributed by atoms with van der Waals surface area (Å²) in [5.41, 5.74) is -0.0950. The van der Waals surface area contributed by atoms with Gasteiger partial charge in [-0.3, -0.25) is 19.2 Å². The van der Waals surface area contributed by atoms with Gasteiger partial charge >= 0.3 is 5.97 Å². The normalized spacial score (nSPS) is 26.0. The van der Waals surface area contributed by atoms with E-state index in [0.29, 0.717) is 10.0 Å². The van der Waals surface area contributed by atoms with Crippen LogP contribution in [0.2, 0.25) is 10.0 Å². The molecule has 1 saturated heterocycles. The molecular formula is C29H14Cl8N2O7. The summed E-state index contributed by atoms with van der Waals surface area (Å²) in [5, 5.41) is 0.550. The molecule has 1 saturated carbocycles. The minimum absolute atomic E-state index is 0.0104. The van der Waals surface area contributed by atoms with Crippen LogP contribution in [0.4, 0.5) is 0 Å². The highest BCUT2D eigenvalue weighted by atomic mass is 35.5. The average molecular weight is 786 g/mol. The third kappa shape index (κ3) is 4.62. The number of furan rings is 1. The predicted molar refractivity (Wildman–Crippen MR) is 171 cm³/mol. The molecule has 2 aromatic carbocycles. The van der Waals surface area contributed by atoms with Gasteiger partial charge in [-0.15, -0.1) is 23.2 Å². The highest BCUT2D eigenvalue weighted by Gasteiger charge is 2.88. The van der Waals surface area contributed by atoms with Gasteiger partial charge in [0, 0.05) is 11.1 Å². The van der Waals surface area contributed by atoms with E-state index in [4.69, 9.17) is 102 Å². The van der Waals surface area contributed by atoms with Crippen molar-refractivity contribution in [2.45, 2.75) is 14.1 Å². The molecule has 4 atom stereocenters. The van der Waals surface area contributed by atoms with Crippen LogP contribution in [0.5, 0.6) is 5.75 Å². The standard InChI is InChI=1S/C29H14Cl8N2O7/c30-15-8-5-13(10-16(15)31)23(41)38(11-17(40)12-3-6-14(7-4-12)46-26(44)18-2-1-9-45-18)39-24(42)19-20(25(39)43)28(35)22(33)21(32)27(19,34)29(28,36)37/h1-10,19-20H,11H2/t19-,20-,27-,28-/m1/s1. The Morgan fingerprint density at radius 1 is 0.804 bits per heavy atom. The lowest BCUT2D eigenvalue weighted by molar-refractivity contribution is -0.154. The van der Waals surface area contributed by atoms with Crippen LogP contribution in [0.15, 0.2) is 75.3 Å². The van der Waals surface area contributed by atoms with Crippen LogP contribution in [0.3, 0.4) is 0 Å². The topological polar surface area (TPSA) is 114 Å². The number of Topliss-reactive ketones (excluding diaryl/α,β-unsaturated/α-hetero) is 1. The molecular weight excluding hydrogens is 772 g/mol. The van der Waals surface area contributed by atoms with E-state index in [1.54, 1.807) is 0 Å². The molecule has 6 rings (SSSR count). The molecule has 46 heavy (non-hydrogen) atoms. The maximum Gasteiger partial charge on any atom is 0.379 e. The predicted octanol–water partition coefficient (Wildman–Crippen LogP) is 7.49. The second kappa shape index (κ2) is 11.6. The van der Waals surface area contributed by atoms with Gasteiger partial charge < -0.3 is 9.15 Å². The van der Waals surface area contributed by atoms with Gasteiger partial charge in [-0.1, -0.05) is 69.6 Å². The molecule has 17 heteroatoms. The third-order valence-electron chi connectivity index (χ3n) is 7.93. The Morgan fingerprint density at radius 3 is 1.89 bits per heavy atom. The summed E-state index contributed by atoms with van der Waals surface area (Å²) < 4.78 is 8.02. The number of hydrazine groups is 1. The number of allylic oxidation sites excluding steroid dienone is 2. The third-order valence-corrected chi connectivity index (χ3v) is 12.9. The number of ketones is 1. The van der Waals surface area contributed by atoms with E-state index < -0.39 is 61.9 Å². The first-order valence-corrected chi connectivity index (χ1v) is 15.9. The molecule has 1 aromatic heterocycles. The molecule has 3 aliphatic rings. The lowest BCUT2D eigenvalue weighted by Crippen LogP contribution is -2.56. The molecule has 2 heterocycles. The van der Waals surface area contributed by atoms with Crippen molar-refractivity contribution in [1.29, 1.82) is 0 Å². The van der Waals surface area contributed by atoms with E-state index in [2.05, 4.69) is 0 Å². The van der Waals surface area contributed by atoms with E-state index in [-0.39, 0.29) is 42.7 Å². The van der Waals surface area contributed by atoms with Gasteiger partial charge in [0.2, 0.25) is 5.76 Å². The summed E-state index contributed by atoms with van der Waals surface area (Å²) in [4.78, 5) is 63.5. The van der Waals surface area contributed by atoms with Crippen LogP contribution in [-0.4, -0.2) is 60.1 Å². The van der Waals surface area contributed by atoms with Crippen LogP contribution in [0, 0.1) is 11.8 Å². The number of esters is 1. The molecule has 2 bridgehead atoms. The summed E-state index contributed by atoms with van der Waals surface area (Å²) in [6, 6.07) is 12.0. The van der Waals surface area contributed by atoms with Gasteiger partial charge in [-0.2, -0.15) is 5.01 Å². The molecule has 2 aliphatic carbocycles. The number of imide groups is 1. The van der Waals surface area contributed by atoms with E-state index >= 15 is 0 Å². The summed E-state index contributed by atoms with van der Waals surface area (Å²) >= 11 is 51.7. The Morgan fingerprint density at radius 2 is 1.37 bits per heavy atom. The first kappa shape index (κ1) is 33.4. The smallest absolute Gasteiger partial charge is 0.379 e. The SMILES string of the molecule is O=C(CN(C(=O)c1ccc(Cl)c(Cl)c1)N1C(=O)[C@H]2[C@H](C1=O)[C@@]1(Cl)C(Cl)=C(Cl)[C@@]2(Cl)C1(Cl)Cl)c1ccc(OC(=O)c2ccco2)cc1. The van der Waals surface area contributed by atoms with Crippen LogP contribution >= 0.6 is 92.8 Å². The van der Waals surface area contributed by atoms with E-state index in [0.717, 1.165) is 0 Å². The molecule has 238 valence electrons. The van der Waals surface area contributed by atoms with Gasteiger partial charge in [0.1, 0.15) is 22.0 Å². The van der Waals surface area contributed by atoms with Crippen molar-refractivity contribution in [3.05, 3.63) is 97.9 Å². The minimum atomic E-state index is -2.21. The number of rotatable bonds is 7. The quantitative estimate of drug-likeness (QED) is 0.0802. The number of ether oxygens (including phenoxy) is 1. The van der Waals surface area contributed by atoms with Crippen molar-refractivity contribution < 1.29 is 33.1 Å². The van der Waals surface area contributed by atoms with Crippen molar-refractivity contribution in [3.8, 4) is 5.75 Å². The number of halogens is 8. The zero-order valence-corrected chi connectivity index (χ0v) is 28.5. The molecule has 0 spiro atoms. The van der Waals surface area contributed by atoms with Gasteiger partial charge in [-0.05, 0) is 54.6 Å². The molecule has 0 unspecified atom stereocenters. The fourth-order valence-electron chi connectivity index (χ4n) is 5.72. The first-order valence-electron chi connectivity index (χ1n) is 12.9. The lowest BCUT2D eigenvalue weighted by Gasteiger charge is -2.36. The van der Waals surface area contributed by atoms with Gasteiger partial charge in [0.15, 0.2) is 10.1 Å². The number of hydrogen-bond donors (Lipinski definition) is 0. The molecule has 2 fully saturated rings. The molecule has 0 N–H and O–H groups in total. The molecule has 1 aliphatic heterocycles. The summed E-state index contributed by atoms with van der Waals surface area (Å²) in [6.45, 7) is -0.839. The van der Waals surface area contributed by atoms with Gasteiger partial charge in [0.05, 0.1) is 38.2 Å². The number of benzene rings is 2. The van der Waals surface area contributed by atoms with Crippen LogP contribution in [-0.2, 0) is 9.59 Å². The number of nitrogens with zero attached hydrogens (tertiary/aromatic N) is 2. The maximum absolute atomic E-state index is 14.0. The second-order valence-corrected chi connectivity index (χ2v) is 14.5. The number of hydrogen-bond acceptors (Lipinski definition) is 7. The van der Waals surface area contributed by atoms with Crippen LogP contribution in [0.1, 0.15) is 31.3 Å². The Balaban J connectivity index is 1.34. The second-order valence-electron chi connectivity index (χ2n) is 10.4. The number of carbonyl (C=O) groups is 5. The fraction of sp³-hybridized carbons (Fsp3) is 0.207. The molecule has 3 amide bonds. The zero-order chi connectivity index (χ0) is 33.5. The Hall–Kier alpha value is -2.47. The van der Waals surface area contributed by atoms with Crippen LogP contribution < -0.4 is 4.74 Å². The first-order chi connectivity index (χ1) is 21.6. The highest BCUT2D eigenvalue weighted by Crippen LogP contribution is 2.77. The molecule has 3 aromatic rings. The van der Waals surface area contributed by atoms with E-state index in [1.807, 2.05) is 0 Å². The van der Waals surface area contributed by atoms with E-state index in [1.165, 1.54) is 60.9 Å². The van der Waals surface area contributed by atoms with Crippen molar-refractivity contribution in [2.24, 2.45) is 11.8 Å². The van der Waals surface area contributed by atoms with Crippen molar-refractivity contribution in [3.63, 3.8) is 0 Å². The van der Waals surface area contributed by atoms with Crippen molar-refractivity contribution >= 4 is 122 Å². The highest BCUT2D eigenvalue weighted by molar-refractivity contribution is 6.66. The van der Waals surface area contributed by atoms with Gasteiger partial charge in [-0.25, -0.2) is 9.80 Å². The average Bonchev–Trinajstić information content (AvgIpc) is 3.71. The summed E-state index contributed by atoms with van der Waals surface area (Å²) in [6.07, 6.45) is 1.30. The fourth-order valence-corrected chi connectivity index (χ4v) is 8.95. The zero-order valence-electron chi connectivity index (χ0n) is 22.4. The van der Waals surface area contributed by atoms with Crippen molar-refractivity contribution in [1.82, 2.24) is 10.0 Å². The Labute approximate surface area is 299 Å². The van der Waals surface area contributed by atoms with E-state index in [9.17, 15) is 24.0 Å². The number of alkyl halides is 4. The number of amides is 3. The minimum Gasteiger partial charge on any atom is -0.457 e. The lowest BCUT2D eigenvalue weighted by atomic mass is 9.84. The summed E-state index contributed by atoms with van der Waals surface area (Å²) in [7, 11) is 0. The van der Waals surface area contributed by atoms with Gasteiger partial charge in [0.25, 0.3) is 17.7 Å². The monoisotopic (exact) mass is 782 g/mol. The van der Waals surface area contributed by atoms with Crippen LogP contribution in [0.25, 0.3) is 0 Å². The maximum atomic E-state index is 14.0. The Bertz CT molecular complexity index is 1830.